The molecule has 0 N–H and O–H groups in total. The van der Waals surface area contributed by atoms with E-state index in [1.807, 2.05) is 0 Å². The lowest BCUT2D eigenvalue weighted by Gasteiger charge is -1.96. The van der Waals surface area contributed by atoms with E-state index in [-0.39, 0.29) is 12.4 Å². The Morgan fingerprint density at radius 3 is 2.83 bits per heavy atom. The number of ketones is 1. The predicted octanol–water partition coefficient (Wildman–Crippen LogP) is 1.03. The number of furan rings is 1. The molecule has 0 aliphatic rings. The van der Waals surface area contributed by atoms with E-state index in [1.54, 1.807) is 6.92 Å². The first-order valence-electron chi connectivity index (χ1n) is 3.50. The van der Waals surface area contributed by atoms with Crippen molar-refractivity contribution in [3.63, 3.8) is 0 Å². The summed E-state index contributed by atoms with van der Waals surface area (Å²) in [6, 6.07) is 2.95. The van der Waals surface area contributed by atoms with Crippen LogP contribution in [0.15, 0.2) is 22.8 Å². The molecule has 0 spiro atoms. The van der Waals surface area contributed by atoms with Crippen LogP contribution in [-0.4, -0.2) is 18.4 Å². The summed E-state index contributed by atoms with van der Waals surface area (Å²) in [4.78, 5) is 21.8. The maximum absolute atomic E-state index is 11.0. The summed E-state index contributed by atoms with van der Waals surface area (Å²) >= 11 is 0. The van der Waals surface area contributed by atoms with Crippen LogP contribution in [0.3, 0.4) is 0 Å². The third kappa shape index (κ3) is 1.72. The SMILES string of the molecule is CCOC(=O)C(=O)c1ccco1. The molecular formula is C8H8O4. The highest BCUT2D eigenvalue weighted by Gasteiger charge is 2.19. The Kier molecular flexibility index (Phi) is 2.63. The summed E-state index contributed by atoms with van der Waals surface area (Å²) in [5.74, 6) is -1.62. The molecule has 0 atom stereocenters. The van der Waals surface area contributed by atoms with Crippen molar-refractivity contribution in [2.75, 3.05) is 6.61 Å². The number of ether oxygens (including phenoxy) is 1. The van der Waals surface area contributed by atoms with Crippen molar-refractivity contribution in [1.82, 2.24) is 0 Å². The molecule has 0 aromatic carbocycles. The molecule has 64 valence electrons. The number of rotatable bonds is 3. The van der Waals surface area contributed by atoms with Gasteiger partial charge in [0.15, 0.2) is 5.76 Å². The zero-order valence-electron chi connectivity index (χ0n) is 6.57. The van der Waals surface area contributed by atoms with Crippen LogP contribution < -0.4 is 0 Å². The molecule has 0 saturated carbocycles. The Morgan fingerprint density at radius 2 is 2.33 bits per heavy atom. The number of carbonyl (C=O) groups excluding carboxylic acids is 2. The van der Waals surface area contributed by atoms with Gasteiger partial charge in [-0.1, -0.05) is 0 Å². The molecule has 1 rings (SSSR count). The molecule has 4 nitrogen and oxygen atoms in total. The van der Waals surface area contributed by atoms with Crippen molar-refractivity contribution in [2.24, 2.45) is 0 Å². The van der Waals surface area contributed by atoms with E-state index >= 15 is 0 Å². The quantitative estimate of drug-likeness (QED) is 0.384. The fourth-order valence-electron chi connectivity index (χ4n) is 0.705. The van der Waals surface area contributed by atoms with Gasteiger partial charge in [-0.15, -0.1) is 0 Å². The fraction of sp³-hybridized carbons (Fsp3) is 0.250. The molecule has 0 amide bonds. The normalized spacial score (nSPS) is 9.42. The van der Waals surface area contributed by atoms with Crippen molar-refractivity contribution in [2.45, 2.75) is 6.92 Å². The molecule has 1 aromatic heterocycles. The minimum atomic E-state index is -0.882. The summed E-state index contributed by atoms with van der Waals surface area (Å²) < 4.78 is 9.19. The lowest BCUT2D eigenvalue weighted by molar-refractivity contribution is -0.137. The largest absolute Gasteiger partial charge is 0.461 e. The highest BCUT2D eigenvalue weighted by Crippen LogP contribution is 2.02. The number of hydrogen-bond donors (Lipinski definition) is 0. The van der Waals surface area contributed by atoms with E-state index in [1.165, 1.54) is 18.4 Å². The zero-order chi connectivity index (χ0) is 8.97. The first-order valence-corrected chi connectivity index (χ1v) is 3.50. The molecular weight excluding hydrogens is 160 g/mol. The second kappa shape index (κ2) is 3.71. The van der Waals surface area contributed by atoms with Crippen LogP contribution in [0.25, 0.3) is 0 Å². The highest BCUT2D eigenvalue weighted by atomic mass is 16.5. The second-order valence-electron chi connectivity index (χ2n) is 2.03. The molecule has 1 heterocycles. The Balaban J connectivity index is 2.66. The average molecular weight is 168 g/mol. The van der Waals surface area contributed by atoms with E-state index in [0.29, 0.717) is 0 Å². The topological polar surface area (TPSA) is 56.5 Å². The summed E-state index contributed by atoms with van der Waals surface area (Å²) in [5, 5.41) is 0. The zero-order valence-corrected chi connectivity index (χ0v) is 6.57. The number of hydrogen-bond acceptors (Lipinski definition) is 4. The fourth-order valence-corrected chi connectivity index (χ4v) is 0.705. The summed E-state index contributed by atoms with van der Waals surface area (Å²) in [6.45, 7) is 1.82. The van der Waals surface area contributed by atoms with Gasteiger partial charge in [0.25, 0.3) is 0 Å². The molecule has 0 saturated heterocycles. The van der Waals surface area contributed by atoms with Crippen molar-refractivity contribution in [3.8, 4) is 0 Å². The van der Waals surface area contributed by atoms with Crippen LogP contribution in [0.2, 0.25) is 0 Å². The van der Waals surface area contributed by atoms with Crippen molar-refractivity contribution < 1.29 is 18.7 Å². The summed E-state index contributed by atoms with van der Waals surface area (Å²) in [5.41, 5.74) is 0. The minimum Gasteiger partial charge on any atom is -0.461 e. The third-order valence-electron chi connectivity index (χ3n) is 1.21. The number of esters is 1. The monoisotopic (exact) mass is 168 g/mol. The Hall–Kier alpha value is -1.58. The van der Waals surface area contributed by atoms with Crippen molar-refractivity contribution in [3.05, 3.63) is 24.2 Å². The maximum Gasteiger partial charge on any atom is 0.383 e. The van der Waals surface area contributed by atoms with E-state index in [2.05, 4.69) is 4.74 Å². The summed E-state index contributed by atoms with van der Waals surface area (Å²) in [7, 11) is 0. The van der Waals surface area contributed by atoms with Gasteiger partial charge < -0.3 is 9.15 Å². The van der Waals surface area contributed by atoms with Crippen molar-refractivity contribution >= 4 is 11.8 Å². The van der Waals surface area contributed by atoms with Crippen LogP contribution in [-0.2, 0) is 9.53 Å². The first kappa shape index (κ1) is 8.52. The summed E-state index contributed by atoms with van der Waals surface area (Å²) in [6.07, 6.45) is 1.33. The van der Waals surface area contributed by atoms with Gasteiger partial charge in [0.2, 0.25) is 0 Å². The van der Waals surface area contributed by atoms with Gasteiger partial charge in [-0.3, -0.25) is 4.79 Å². The van der Waals surface area contributed by atoms with Gasteiger partial charge in [0, 0.05) is 0 Å². The van der Waals surface area contributed by atoms with E-state index in [4.69, 9.17) is 4.42 Å². The Labute approximate surface area is 69.1 Å². The molecule has 0 aliphatic carbocycles. The standard InChI is InChI=1S/C8H8O4/c1-2-11-8(10)7(9)6-4-3-5-12-6/h3-5H,2H2,1H3. The van der Waals surface area contributed by atoms with Gasteiger partial charge in [0.1, 0.15) is 0 Å². The van der Waals surface area contributed by atoms with Crippen LogP contribution in [0, 0.1) is 0 Å². The van der Waals surface area contributed by atoms with Crippen molar-refractivity contribution in [1.29, 1.82) is 0 Å². The van der Waals surface area contributed by atoms with E-state index in [9.17, 15) is 9.59 Å². The van der Waals surface area contributed by atoms with E-state index in [0.717, 1.165) is 0 Å². The molecule has 0 bridgehead atoms. The van der Waals surface area contributed by atoms with Crippen LogP contribution in [0.4, 0.5) is 0 Å². The van der Waals surface area contributed by atoms with Gasteiger partial charge in [-0.25, -0.2) is 4.79 Å². The molecule has 1 aromatic rings. The molecule has 0 radical (unpaired) electrons. The smallest absolute Gasteiger partial charge is 0.383 e. The minimum absolute atomic E-state index is 0.00782. The predicted molar refractivity (Wildman–Crippen MR) is 39.7 cm³/mol. The highest BCUT2D eigenvalue weighted by molar-refractivity contribution is 6.39. The molecule has 4 heteroatoms. The lowest BCUT2D eigenvalue weighted by Crippen LogP contribution is -2.16. The third-order valence-corrected chi connectivity index (χ3v) is 1.21. The lowest BCUT2D eigenvalue weighted by atomic mass is 10.3. The number of carbonyl (C=O) groups is 2. The molecule has 12 heavy (non-hydrogen) atoms. The second-order valence-corrected chi connectivity index (χ2v) is 2.03. The van der Waals surface area contributed by atoms with Gasteiger partial charge >= 0.3 is 11.8 Å². The Morgan fingerprint density at radius 1 is 1.58 bits per heavy atom. The number of Topliss-reactive ketones (excluding diaryl/α,β-unsaturated/α-hetero) is 1. The Bertz CT molecular complexity index is 273. The first-order chi connectivity index (χ1) is 5.75. The van der Waals surface area contributed by atoms with Gasteiger partial charge in [0.05, 0.1) is 12.9 Å². The van der Waals surface area contributed by atoms with Crippen LogP contribution in [0.1, 0.15) is 17.5 Å². The average Bonchev–Trinajstić information content (AvgIpc) is 2.55. The van der Waals surface area contributed by atoms with Crippen LogP contribution in [0.5, 0.6) is 0 Å². The maximum atomic E-state index is 11.0. The molecule has 0 fully saturated rings. The molecule has 0 aliphatic heterocycles. The van der Waals surface area contributed by atoms with Gasteiger partial charge in [-0.2, -0.15) is 0 Å². The van der Waals surface area contributed by atoms with Gasteiger partial charge in [-0.05, 0) is 19.1 Å². The molecule has 0 unspecified atom stereocenters. The van der Waals surface area contributed by atoms with Crippen LogP contribution >= 0.6 is 0 Å². The van der Waals surface area contributed by atoms with E-state index < -0.39 is 11.8 Å².